The smallest absolute Gasteiger partial charge is 0.259 e. The number of hydrazone groups is 1. The Balaban J connectivity index is 1.82. The molecule has 0 aromatic heterocycles. The molecule has 0 saturated heterocycles. The van der Waals surface area contributed by atoms with E-state index in [4.69, 9.17) is 11.6 Å². The molecule has 24 heavy (non-hydrogen) atoms. The van der Waals surface area contributed by atoms with Crippen molar-refractivity contribution in [2.75, 3.05) is 11.9 Å². The van der Waals surface area contributed by atoms with Gasteiger partial charge in [0.05, 0.1) is 12.8 Å². The molecule has 0 bridgehead atoms. The lowest BCUT2D eigenvalue weighted by Crippen LogP contribution is -2.26. The summed E-state index contributed by atoms with van der Waals surface area (Å²) >= 11 is 5.91. The van der Waals surface area contributed by atoms with Crippen molar-refractivity contribution >= 4 is 29.4 Å². The number of rotatable bonds is 6. The molecule has 0 saturated carbocycles. The minimum absolute atomic E-state index is 0.145. The summed E-state index contributed by atoms with van der Waals surface area (Å²) in [7, 11) is 0. The number of amides is 1. The topological polar surface area (TPSA) is 53.5 Å². The molecule has 5 heteroatoms. The van der Waals surface area contributed by atoms with Crippen LogP contribution in [0.1, 0.15) is 36.5 Å². The number of aryl methyl sites for hydroxylation is 1. The lowest BCUT2D eigenvalue weighted by atomic mass is 10.0. The van der Waals surface area contributed by atoms with Gasteiger partial charge in [-0.2, -0.15) is 5.10 Å². The van der Waals surface area contributed by atoms with Crippen molar-refractivity contribution in [3.8, 4) is 0 Å². The van der Waals surface area contributed by atoms with E-state index >= 15 is 0 Å². The van der Waals surface area contributed by atoms with Crippen LogP contribution in [-0.2, 0) is 4.79 Å². The fourth-order valence-corrected chi connectivity index (χ4v) is 2.41. The zero-order valence-electron chi connectivity index (χ0n) is 14.1. The van der Waals surface area contributed by atoms with Gasteiger partial charge in [0.2, 0.25) is 0 Å². The summed E-state index contributed by atoms with van der Waals surface area (Å²) in [6.07, 6.45) is 1.63. The van der Waals surface area contributed by atoms with Gasteiger partial charge in [-0.15, -0.1) is 0 Å². The van der Waals surface area contributed by atoms with E-state index in [2.05, 4.69) is 41.8 Å². The Hall–Kier alpha value is -2.33. The van der Waals surface area contributed by atoms with Gasteiger partial charge >= 0.3 is 0 Å². The summed E-state index contributed by atoms with van der Waals surface area (Å²) in [5.74, 6) is 0.289. The zero-order valence-corrected chi connectivity index (χ0v) is 14.9. The van der Waals surface area contributed by atoms with Crippen LogP contribution in [0.25, 0.3) is 0 Å². The van der Waals surface area contributed by atoms with Crippen molar-refractivity contribution < 1.29 is 4.79 Å². The van der Waals surface area contributed by atoms with Gasteiger partial charge in [-0.05, 0) is 47.7 Å². The number of halogens is 1. The van der Waals surface area contributed by atoms with E-state index < -0.39 is 0 Å². The highest BCUT2D eigenvalue weighted by molar-refractivity contribution is 6.30. The number of nitrogens with zero attached hydrogens (tertiary/aromatic N) is 1. The Labute approximate surface area is 147 Å². The Morgan fingerprint density at radius 3 is 2.54 bits per heavy atom. The molecule has 2 aromatic rings. The summed E-state index contributed by atoms with van der Waals surface area (Å²) in [5.41, 5.74) is 6.60. The van der Waals surface area contributed by atoms with Crippen molar-refractivity contribution in [2.45, 2.75) is 26.7 Å². The minimum atomic E-state index is -0.209. The average molecular weight is 344 g/mol. The van der Waals surface area contributed by atoms with Crippen LogP contribution in [0.2, 0.25) is 5.02 Å². The first-order valence-electron chi connectivity index (χ1n) is 7.87. The molecule has 2 N–H and O–H groups in total. The maximum atomic E-state index is 11.8. The van der Waals surface area contributed by atoms with Crippen molar-refractivity contribution in [3.63, 3.8) is 0 Å². The van der Waals surface area contributed by atoms with Crippen LogP contribution in [-0.4, -0.2) is 18.7 Å². The first-order valence-corrected chi connectivity index (χ1v) is 8.25. The van der Waals surface area contributed by atoms with Gasteiger partial charge in [0, 0.05) is 10.7 Å². The van der Waals surface area contributed by atoms with Crippen LogP contribution in [0.4, 0.5) is 5.69 Å². The van der Waals surface area contributed by atoms with Gasteiger partial charge in [-0.3, -0.25) is 4.79 Å². The molecule has 2 aromatic carbocycles. The Bertz CT molecular complexity index is 724. The molecule has 0 heterocycles. The molecule has 0 radical (unpaired) electrons. The van der Waals surface area contributed by atoms with Gasteiger partial charge in [0.15, 0.2) is 0 Å². The van der Waals surface area contributed by atoms with E-state index in [1.807, 2.05) is 31.2 Å². The highest BCUT2D eigenvalue weighted by Crippen LogP contribution is 2.19. The van der Waals surface area contributed by atoms with Gasteiger partial charge in [0.25, 0.3) is 5.91 Å². The molecule has 0 aliphatic rings. The van der Waals surface area contributed by atoms with E-state index in [1.165, 1.54) is 5.56 Å². The van der Waals surface area contributed by atoms with Gasteiger partial charge in [0.1, 0.15) is 0 Å². The van der Waals surface area contributed by atoms with E-state index in [0.717, 1.165) is 16.8 Å². The molecule has 0 spiro atoms. The summed E-state index contributed by atoms with van der Waals surface area (Å²) in [5, 5.41) is 7.72. The molecule has 0 aliphatic carbocycles. The fraction of sp³-hybridized carbons (Fsp3) is 0.263. The Morgan fingerprint density at radius 2 is 1.92 bits per heavy atom. The Morgan fingerprint density at radius 1 is 1.21 bits per heavy atom. The van der Waals surface area contributed by atoms with E-state index in [0.29, 0.717) is 10.9 Å². The molecular weight excluding hydrogens is 322 g/mol. The average Bonchev–Trinajstić information content (AvgIpc) is 2.54. The molecule has 0 aliphatic heterocycles. The third kappa shape index (κ3) is 5.39. The Kier molecular flexibility index (Phi) is 6.38. The van der Waals surface area contributed by atoms with Crippen LogP contribution >= 0.6 is 11.6 Å². The second-order valence-corrected chi connectivity index (χ2v) is 6.36. The van der Waals surface area contributed by atoms with Gasteiger partial charge in [-0.25, -0.2) is 5.43 Å². The first kappa shape index (κ1) is 18.0. The highest BCUT2D eigenvalue weighted by atomic mass is 35.5. The van der Waals surface area contributed by atoms with E-state index in [9.17, 15) is 4.79 Å². The number of benzene rings is 2. The van der Waals surface area contributed by atoms with E-state index in [-0.39, 0.29) is 12.5 Å². The number of anilines is 1. The number of hydrogen-bond donors (Lipinski definition) is 2. The van der Waals surface area contributed by atoms with E-state index in [1.54, 1.807) is 12.3 Å². The maximum absolute atomic E-state index is 11.8. The summed E-state index contributed by atoms with van der Waals surface area (Å²) in [4.78, 5) is 11.8. The van der Waals surface area contributed by atoms with Crippen LogP contribution in [0, 0.1) is 6.92 Å². The largest absolute Gasteiger partial charge is 0.376 e. The quantitative estimate of drug-likeness (QED) is 0.605. The molecule has 0 atom stereocenters. The number of carbonyl (C=O) groups is 1. The molecule has 0 fully saturated rings. The monoisotopic (exact) mass is 343 g/mol. The third-order valence-corrected chi connectivity index (χ3v) is 3.87. The predicted molar refractivity (Wildman–Crippen MR) is 101 cm³/mol. The van der Waals surface area contributed by atoms with Crippen molar-refractivity contribution in [2.24, 2.45) is 5.10 Å². The van der Waals surface area contributed by atoms with Crippen LogP contribution < -0.4 is 10.7 Å². The van der Waals surface area contributed by atoms with Crippen molar-refractivity contribution in [1.29, 1.82) is 0 Å². The summed E-state index contributed by atoms with van der Waals surface area (Å²) in [6.45, 7) is 6.38. The molecule has 2 rings (SSSR count). The SMILES string of the molecule is Cc1cc(Cl)ccc1NCC(=O)N/N=C/c1ccc(C(C)C)cc1. The minimum Gasteiger partial charge on any atom is -0.376 e. The summed E-state index contributed by atoms with van der Waals surface area (Å²) in [6, 6.07) is 13.6. The first-order chi connectivity index (χ1) is 11.5. The summed E-state index contributed by atoms with van der Waals surface area (Å²) < 4.78 is 0. The number of nitrogens with one attached hydrogen (secondary N) is 2. The predicted octanol–water partition coefficient (Wildman–Crippen LogP) is 4.33. The second kappa shape index (κ2) is 8.50. The van der Waals surface area contributed by atoms with Crippen molar-refractivity contribution in [1.82, 2.24) is 5.43 Å². The van der Waals surface area contributed by atoms with Crippen LogP contribution in [0.5, 0.6) is 0 Å². The van der Waals surface area contributed by atoms with Crippen LogP contribution in [0.3, 0.4) is 0 Å². The second-order valence-electron chi connectivity index (χ2n) is 5.93. The van der Waals surface area contributed by atoms with Crippen LogP contribution in [0.15, 0.2) is 47.6 Å². The third-order valence-electron chi connectivity index (χ3n) is 3.63. The maximum Gasteiger partial charge on any atom is 0.259 e. The molecule has 126 valence electrons. The van der Waals surface area contributed by atoms with Crippen molar-refractivity contribution in [3.05, 3.63) is 64.2 Å². The molecular formula is C19H22ClN3O. The molecule has 1 amide bonds. The molecule has 0 unspecified atom stereocenters. The normalized spacial score (nSPS) is 11.0. The molecule has 4 nitrogen and oxygen atoms in total. The fourth-order valence-electron chi connectivity index (χ4n) is 2.19. The highest BCUT2D eigenvalue weighted by Gasteiger charge is 2.02. The lowest BCUT2D eigenvalue weighted by molar-refractivity contribution is -0.119. The van der Waals surface area contributed by atoms with Gasteiger partial charge < -0.3 is 5.32 Å². The standard InChI is InChI=1S/C19H22ClN3O/c1-13(2)16-6-4-15(5-7-16)11-22-23-19(24)12-21-18-9-8-17(20)10-14(18)3/h4-11,13,21H,12H2,1-3H3,(H,23,24)/b22-11+. The lowest BCUT2D eigenvalue weighted by Gasteiger charge is -2.08. The zero-order chi connectivity index (χ0) is 17.5. The number of hydrogen-bond acceptors (Lipinski definition) is 3. The van der Waals surface area contributed by atoms with Gasteiger partial charge in [-0.1, -0.05) is 49.7 Å². The number of carbonyl (C=O) groups excluding carboxylic acids is 1.